The summed E-state index contributed by atoms with van der Waals surface area (Å²) in [6.45, 7) is 4.63. The summed E-state index contributed by atoms with van der Waals surface area (Å²) in [5, 5.41) is 1.81. The number of carbonyl (C=O) groups is 4. The van der Waals surface area contributed by atoms with Crippen LogP contribution in [0.3, 0.4) is 0 Å². The number of hydrogen-bond donors (Lipinski definition) is 0. The van der Waals surface area contributed by atoms with Crippen molar-refractivity contribution in [1.29, 1.82) is 0 Å². The highest BCUT2D eigenvalue weighted by Gasteiger charge is 2.41. The number of urea groups is 1. The lowest BCUT2D eigenvalue weighted by atomic mass is 10.1. The zero-order valence-electron chi connectivity index (χ0n) is 23.5. The van der Waals surface area contributed by atoms with Gasteiger partial charge in [-0.25, -0.2) is 14.6 Å². The van der Waals surface area contributed by atoms with Crippen LogP contribution in [-0.2, 0) is 22.5 Å². The standard InChI is InChI=1S/C30H34N4O5S.ClH/c1-4-6-10-27-31-18-23(33(27)19-21-11-13-22(14-12-21)29(37)39-3)17-24-28(36)32(15-7-5-2)30(38)34(24)20-25(35)26-9-8-16-40-26;/h8-9,11-14,16-18H,4-7,10,15,19-20H2,1-3H3;1H. The Morgan fingerprint density at radius 3 is 2.39 bits per heavy atom. The van der Waals surface area contributed by atoms with E-state index in [4.69, 9.17) is 4.74 Å². The van der Waals surface area contributed by atoms with E-state index in [-0.39, 0.29) is 30.4 Å². The molecule has 3 aromatic rings. The van der Waals surface area contributed by atoms with Crippen LogP contribution in [0.2, 0.25) is 0 Å². The number of hydrogen-bond acceptors (Lipinski definition) is 7. The molecular weight excluding hydrogens is 564 g/mol. The van der Waals surface area contributed by atoms with E-state index in [9.17, 15) is 19.2 Å². The summed E-state index contributed by atoms with van der Waals surface area (Å²) in [7, 11) is 1.34. The minimum absolute atomic E-state index is 0. The first kappa shape index (κ1) is 31.8. The first-order chi connectivity index (χ1) is 19.4. The maximum atomic E-state index is 13.5. The Morgan fingerprint density at radius 1 is 1.02 bits per heavy atom. The second kappa shape index (κ2) is 14.7. The molecule has 0 atom stereocenters. The van der Waals surface area contributed by atoms with Gasteiger partial charge < -0.3 is 9.30 Å². The predicted octanol–water partition coefficient (Wildman–Crippen LogP) is 5.83. The summed E-state index contributed by atoms with van der Waals surface area (Å²) in [5.74, 6) is -0.186. The third-order valence-corrected chi connectivity index (χ3v) is 7.68. The normalized spacial score (nSPS) is 14.1. The largest absolute Gasteiger partial charge is 0.465 e. The molecule has 1 fully saturated rings. The van der Waals surface area contributed by atoms with Crippen LogP contribution >= 0.6 is 23.7 Å². The fraction of sp³-hybridized carbons (Fsp3) is 0.367. The van der Waals surface area contributed by atoms with Crippen LogP contribution in [0.15, 0.2) is 53.7 Å². The number of halogens is 1. The maximum absolute atomic E-state index is 13.5. The molecule has 3 amide bonds. The third kappa shape index (κ3) is 7.31. The van der Waals surface area contributed by atoms with Gasteiger partial charge in [-0.15, -0.1) is 23.7 Å². The van der Waals surface area contributed by atoms with Gasteiger partial charge in [0.05, 0.1) is 36.0 Å². The van der Waals surface area contributed by atoms with E-state index in [2.05, 4.69) is 11.9 Å². The smallest absolute Gasteiger partial charge is 0.337 e. The van der Waals surface area contributed by atoms with Crippen LogP contribution in [0.25, 0.3) is 6.08 Å². The van der Waals surface area contributed by atoms with Crippen LogP contribution in [0.4, 0.5) is 4.79 Å². The van der Waals surface area contributed by atoms with Crippen molar-refractivity contribution in [3.8, 4) is 0 Å². The Kier molecular flexibility index (Phi) is 11.4. The summed E-state index contributed by atoms with van der Waals surface area (Å²) >= 11 is 1.31. The summed E-state index contributed by atoms with van der Waals surface area (Å²) in [5.41, 5.74) is 2.21. The van der Waals surface area contributed by atoms with Crippen molar-refractivity contribution < 1.29 is 23.9 Å². The van der Waals surface area contributed by atoms with E-state index >= 15 is 0 Å². The number of ether oxygens (including phenoxy) is 1. The zero-order valence-corrected chi connectivity index (χ0v) is 25.1. The lowest BCUT2D eigenvalue weighted by Gasteiger charge is -2.16. The Bertz CT molecular complexity index is 1400. The van der Waals surface area contributed by atoms with Gasteiger partial charge in [-0.1, -0.05) is 44.9 Å². The fourth-order valence-corrected chi connectivity index (χ4v) is 5.16. The lowest BCUT2D eigenvalue weighted by Crippen LogP contribution is -2.35. The first-order valence-corrected chi connectivity index (χ1v) is 14.4. The van der Waals surface area contributed by atoms with Crippen LogP contribution < -0.4 is 0 Å². The van der Waals surface area contributed by atoms with E-state index in [0.717, 1.165) is 37.1 Å². The SMILES string of the molecule is CCCCc1ncc(C=C2C(=O)N(CCCC)C(=O)N2CC(=O)c2cccs2)n1Cc1ccc(C(=O)OC)cc1.Cl. The number of imide groups is 1. The van der Waals surface area contributed by atoms with Crippen molar-refractivity contribution in [1.82, 2.24) is 19.4 Å². The Morgan fingerprint density at radius 2 is 1.76 bits per heavy atom. The molecule has 1 aliphatic rings. The van der Waals surface area contributed by atoms with Crippen LogP contribution in [0.5, 0.6) is 0 Å². The number of nitrogens with zero attached hydrogens (tertiary/aromatic N) is 4. The fourth-order valence-electron chi connectivity index (χ4n) is 4.50. The second-order valence-electron chi connectivity index (χ2n) is 9.59. The molecule has 11 heteroatoms. The van der Waals surface area contributed by atoms with Crippen molar-refractivity contribution in [2.75, 3.05) is 20.2 Å². The van der Waals surface area contributed by atoms with Gasteiger partial charge in [-0.3, -0.25) is 19.4 Å². The zero-order chi connectivity index (χ0) is 28.6. The van der Waals surface area contributed by atoms with Gasteiger partial charge in [0.2, 0.25) is 0 Å². The molecule has 0 radical (unpaired) electrons. The van der Waals surface area contributed by atoms with E-state index in [0.29, 0.717) is 35.6 Å². The summed E-state index contributed by atoms with van der Waals surface area (Å²) in [6.07, 6.45) is 7.55. The molecule has 0 saturated carbocycles. The monoisotopic (exact) mass is 598 g/mol. The molecule has 0 bridgehead atoms. The number of amides is 3. The van der Waals surface area contributed by atoms with Gasteiger partial charge in [0.1, 0.15) is 11.5 Å². The molecule has 41 heavy (non-hydrogen) atoms. The third-order valence-electron chi connectivity index (χ3n) is 6.77. The van der Waals surface area contributed by atoms with Crippen molar-refractivity contribution >= 4 is 53.5 Å². The number of ketones is 1. The first-order valence-electron chi connectivity index (χ1n) is 13.5. The van der Waals surface area contributed by atoms with Gasteiger partial charge in [-0.05, 0) is 48.1 Å². The number of unbranched alkanes of at least 4 members (excludes halogenated alkanes) is 2. The van der Waals surface area contributed by atoms with Gasteiger partial charge >= 0.3 is 12.0 Å². The molecule has 1 aliphatic heterocycles. The molecule has 4 rings (SSSR count). The number of benzene rings is 1. The number of aryl methyl sites for hydroxylation is 1. The second-order valence-corrected chi connectivity index (χ2v) is 10.5. The van der Waals surface area contributed by atoms with Crippen molar-refractivity contribution in [3.63, 3.8) is 0 Å². The molecule has 2 aromatic heterocycles. The molecule has 0 aliphatic carbocycles. The Labute approximate surface area is 250 Å². The lowest BCUT2D eigenvalue weighted by molar-refractivity contribution is -0.123. The van der Waals surface area contributed by atoms with Gasteiger partial charge in [-0.2, -0.15) is 0 Å². The molecule has 0 N–H and O–H groups in total. The number of imidazole rings is 1. The number of thiophene rings is 1. The van der Waals surface area contributed by atoms with Crippen LogP contribution in [0, 0.1) is 0 Å². The number of rotatable bonds is 13. The number of carbonyl (C=O) groups excluding carboxylic acids is 4. The molecule has 218 valence electrons. The molecular formula is C30H35ClN4O5S. The van der Waals surface area contributed by atoms with Crippen molar-refractivity contribution in [2.24, 2.45) is 0 Å². The molecule has 3 heterocycles. The number of Topliss-reactive ketones (excluding diaryl/α,β-unsaturated/α-hetero) is 1. The number of methoxy groups -OCH3 is 1. The Balaban J connectivity index is 0.00000462. The van der Waals surface area contributed by atoms with E-state index in [1.165, 1.54) is 28.2 Å². The topological polar surface area (TPSA) is 102 Å². The van der Waals surface area contributed by atoms with Gasteiger partial charge in [0.15, 0.2) is 5.78 Å². The molecule has 1 aromatic carbocycles. The van der Waals surface area contributed by atoms with E-state index < -0.39 is 17.9 Å². The average molecular weight is 599 g/mol. The maximum Gasteiger partial charge on any atom is 0.337 e. The van der Waals surface area contributed by atoms with E-state index in [1.54, 1.807) is 36.5 Å². The van der Waals surface area contributed by atoms with Crippen molar-refractivity contribution in [3.05, 3.63) is 81.2 Å². The highest BCUT2D eigenvalue weighted by atomic mass is 35.5. The molecule has 1 saturated heterocycles. The highest BCUT2D eigenvalue weighted by molar-refractivity contribution is 7.12. The summed E-state index contributed by atoms with van der Waals surface area (Å²) in [4.78, 5) is 59.4. The van der Waals surface area contributed by atoms with Gasteiger partial charge in [0, 0.05) is 19.5 Å². The number of aromatic nitrogens is 2. The minimum Gasteiger partial charge on any atom is -0.465 e. The quantitative estimate of drug-likeness (QED) is 0.106. The average Bonchev–Trinajstić information content (AvgIpc) is 3.68. The van der Waals surface area contributed by atoms with Gasteiger partial charge in [0.25, 0.3) is 5.91 Å². The summed E-state index contributed by atoms with van der Waals surface area (Å²) < 4.78 is 6.81. The highest BCUT2D eigenvalue weighted by Crippen LogP contribution is 2.26. The van der Waals surface area contributed by atoms with E-state index in [1.807, 2.05) is 29.0 Å². The van der Waals surface area contributed by atoms with Crippen LogP contribution in [0.1, 0.15) is 76.6 Å². The molecule has 0 unspecified atom stereocenters. The molecule has 0 spiro atoms. The Hall–Kier alpha value is -3.76. The summed E-state index contributed by atoms with van der Waals surface area (Å²) in [6, 6.07) is 10.2. The number of esters is 1. The predicted molar refractivity (Wildman–Crippen MR) is 160 cm³/mol. The van der Waals surface area contributed by atoms with Crippen LogP contribution in [-0.4, -0.2) is 63.2 Å². The minimum atomic E-state index is -0.481. The van der Waals surface area contributed by atoms with Crippen molar-refractivity contribution in [2.45, 2.75) is 52.5 Å². The molecule has 9 nitrogen and oxygen atoms in total.